The monoisotopic (exact) mass is 2140 g/mol. The largest absolute Gasteiger partial charge is 0.394 e. The molecule has 3 fully saturated rings. The molecule has 0 aromatic rings. The quantitative estimate of drug-likeness (QED) is 0.0307. The van der Waals surface area contributed by atoms with E-state index in [1.54, 1.807) is 0 Å². The number of unbranched alkanes of at least 4 members (excludes halogenated alkanes) is 6. The molecule has 9 amide bonds. The third-order valence-corrected chi connectivity index (χ3v) is 23.2. The molecule has 0 aromatic heterocycles. The number of ether oxygens (including phenoxy) is 15. The predicted molar refractivity (Wildman–Crippen MR) is 553 cm³/mol. The second-order valence-corrected chi connectivity index (χ2v) is 35.1. The van der Waals surface area contributed by atoms with Gasteiger partial charge < -0.3 is 170 Å². The van der Waals surface area contributed by atoms with Crippen molar-refractivity contribution < 1.29 is 179 Å². The van der Waals surface area contributed by atoms with Crippen LogP contribution in [0, 0.1) is 17.9 Å². The Morgan fingerprint density at radius 3 is 0.851 bits per heavy atom. The van der Waals surface area contributed by atoms with Crippen LogP contribution in [-0.4, -0.2) is 418 Å². The summed E-state index contributed by atoms with van der Waals surface area (Å²) in [5.74, 6) is -4.72. The number of rotatable bonds is 84. The van der Waals surface area contributed by atoms with Gasteiger partial charge in [0, 0.05) is 170 Å². The van der Waals surface area contributed by atoms with Crippen LogP contribution >= 0.6 is 0 Å². The Morgan fingerprint density at radius 1 is 0.304 bits per heavy atom. The van der Waals surface area contributed by atoms with Crippen molar-refractivity contribution in [2.45, 2.75) is 360 Å². The summed E-state index contributed by atoms with van der Waals surface area (Å²) in [6.07, 6.45) is -8.80. The zero-order valence-electron chi connectivity index (χ0n) is 81.8. The number of aliphatic hydroxyl groups excluding tert-OH is 9. The van der Waals surface area contributed by atoms with E-state index in [2.05, 4.69) is 52.7 Å². The van der Waals surface area contributed by atoms with Gasteiger partial charge in [-0.1, -0.05) is 80.7 Å². The van der Waals surface area contributed by atoms with Crippen LogP contribution in [0.15, 0.2) is 0 Å². The van der Waals surface area contributed by atoms with Gasteiger partial charge in [-0.3, -0.25) is 62.3 Å². The molecular weight excluding hydrogens is 1950 g/mol. The standard InChI is InChI=1S/C92H160N10O37.9CH4/c1-62(2)91(6,93-7)27-23-66(109)20-17-37-125-46-49-131-56-67(110)21-18-38-126-47-50-132-57-68(111)22-19-39-127-48-51-133-58-69(112)52-92(28-24-73(113)97-34-43-128-59-76(116)94-31-11-8-14-40-134-88-79(100-63(3)106)85(122)82(119)70(53-103)137-88,29-25-74(114)98-35-44-129-60-77(117)95-32-12-9-15-41-135-89-80(101-64(4)107)86(123)83(120)71(54-104)138-89)30-26-75(115)99-36-45-130-61-78(118)96-33-13-10-16-42-136-90-81(102-65(5)108)87(124)84(121)72(55-105)139-90;;;;;;;;;/h62,70-72,79-90,103-105,119-124H,8-61H2,1-6H3,(H,94,116)(H,95,117)(H,96,118)(H,97,113)(H,98,114)(H,99,115)(H,100,106)(H,101,107)(H,102,108);9*1H4/t70-,71-,72-,79-,80-,81-,82+,83+,84+,85-,86-,87-,88-,89-,90-,91?;;;;;;;;;/m1........./s1. The topological polar surface area (TPSA) is 655 Å². The van der Waals surface area contributed by atoms with Gasteiger partial charge in [0.1, 0.15) is 118 Å². The van der Waals surface area contributed by atoms with E-state index in [9.17, 15) is 108 Å². The fourth-order valence-corrected chi connectivity index (χ4v) is 14.7. The molecule has 872 valence electrons. The molecular formula is C101H196N10O37. The highest BCUT2D eigenvalue weighted by molar-refractivity contribution is 5.83. The van der Waals surface area contributed by atoms with Crippen molar-refractivity contribution in [2.75, 3.05) is 198 Å². The third kappa shape index (κ3) is 68.5. The number of carbonyl (C=O) groups is 13. The van der Waals surface area contributed by atoms with Crippen LogP contribution in [0.1, 0.15) is 262 Å². The lowest BCUT2D eigenvalue weighted by Crippen LogP contribution is -2.64. The molecule has 3 aliphatic rings. The minimum absolute atomic E-state index is 0. The Bertz CT molecular complexity index is 3320. The van der Waals surface area contributed by atoms with Gasteiger partial charge >= 0.3 is 0 Å². The fourth-order valence-electron chi connectivity index (χ4n) is 14.7. The number of nitrogens with zero attached hydrogens (tertiary/aromatic N) is 1. The van der Waals surface area contributed by atoms with E-state index in [0.29, 0.717) is 110 Å². The summed E-state index contributed by atoms with van der Waals surface area (Å²) >= 11 is 0. The molecule has 148 heavy (non-hydrogen) atoms. The highest BCUT2D eigenvalue weighted by atomic mass is 16.7. The normalized spacial score (nSPS) is 20.5. The first-order valence-electron chi connectivity index (χ1n) is 48.4. The molecule has 3 saturated heterocycles. The van der Waals surface area contributed by atoms with Crippen molar-refractivity contribution in [3.05, 3.63) is 11.4 Å². The third-order valence-electron chi connectivity index (χ3n) is 23.2. The van der Waals surface area contributed by atoms with Crippen molar-refractivity contribution in [2.24, 2.45) is 11.3 Å². The molecule has 0 aromatic carbocycles. The Balaban J connectivity index is -0.00000442. The minimum Gasteiger partial charge on any atom is -0.394 e. The average Bonchev–Trinajstić information content (AvgIpc) is 0.813. The maximum absolute atomic E-state index is 14.2. The first-order valence-corrected chi connectivity index (χ1v) is 48.4. The lowest BCUT2D eigenvalue weighted by molar-refractivity contribution is -0.270. The Hall–Kier alpha value is -7.56. The number of nitrogens with one attached hydrogen (secondary N) is 9. The van der Waals surface area contributed by atoms with Crippen LogP contribution in [-0.2, 0) is 133 Å². The molecule has 1 unspecified atom stereocenters. The van der Waals surface area contributed by atoms with E-state index >= 15 is 0 Å². The lowest BCUT2D eigenvalue weighted by atomic mass is 9.71. The number of hydrogen-bond donors (Lipinski definition) is 18. The SMILES string of the molecule is C.C.C.C.C.C.C.C.C.[C-]#[N+]C(C)(CCC(=O)CCCOCCOCC(=O)CCCOCCOCC(=O)CCCOCCOCC(=O)CC(CCC(=O)NCCOCC(=O)NCCCCCO[C@@H]1O[C@H](CO)[C@H](O)[C@H](O)[C@H]1NC(C)=O)(CCC(=O)NCCOCC(=O)NCCCCCO[C@@H]1O[C@H](CO)[C@H](O)[C@H](O)[C@H]1NC(C)=O)CCC(=O)NCCOCC(=O)NCCCCCO[C@@H]1O[C@H](CO)[C@H](O)[C@H](O)[C@H]1NC(C)=O)C(C)C. The number of aliphatic hydroxyl groups is 9. The van der Waals surface area contributed by atoms with Crippen molar-refractivity contribution in [3.63, 3.8) is 0 Å². The lowest BCUT2D eigenvalue weighted by Gasteiger charge is -2.42. The molecule has 47 heteroatoms. The summed E-state index contributed by atoms with van der Waals surface area (Å²) in [6, 6.07) is -3.27. The highest BCUT2D eigenvalue weighted by Crippen LogP contribution is 2.40. The van der Waals surface area contributed by atoms with Crippen LogP contribution in [0.25, 0.3) is 4.85 Å². The Morgan fingerprint density at radius 2 is 0.574 bits per heavy atom. The second kappa shape index (κ2) is 92.0. The number of Topliss-reactive ketones (excluding diaryl/α,β-unsaturated/α-hetero) is 4. The van der Waals surface area contributed by atoms with Crippen LogP contribution in [0.3, 0.4) is 0 Å². The second-order valence-electron chi connectivity index (χ2n) is 35.1. The fraction of sp³-hybridized carbons (Fsp3) is 0.861. The van der Waals surface area contributed by atoms with Crippen molar-refractivity contribution >= 4 is 76.3 Å². The van der Waals surface area contributed by atoms with E-state index in [1.165, 1.54) is 20.8 Å². The van der Waals surface area contributed by atoms with E-state index in [1.807, 2.05) is 20.8 Å². The Labute approximate surface area is 880 Å². The number of carbonyl (C=O) groups excluding carboxylic acids is 13. The maximum Gasteiger partial charge on any atom is 0.245 e. The van der Waals surface area contributed by atoms with Gasteiger partial charge in [0.25, 0.3) is 0 Å². The van der Waals surface area contributed by atoms with Gasteiger partial charge in [-0.2, -0.15) is 0 Å². The van der Waals surface area contributed by atoms with E-state index in [4.69, 9.17) is 77.6 Å². The van der Waals surface area contributed by atoms with Crippen LogP contribution in [0.5, 0.6) is 0 Å². The smallest absolute Gasteiger partial charge is 0.245 e. The molecule has 47 nitrogen and oxygen atoms in total. The summed E-state index contributed by atoms with van der Waals surface area (Å²) < 4.78 is 84.0. The predicted octanol–water partition coefficient (Wildman–Crippen LogP) is 2.40. The molecule has 16 atom stereocenters. The molecule has 0 spiro atoms. The van der Waals surface area contributed by atoms with E-state index < -0.39 is 188 Å². The number of amides is 9. The zero-order chi connectivity index (χ0) is 103. The molecule has 3 aliphatic heterocycles. The maximum atomic E-state index is 14.2. The molecule has 0 bridgehead atoms. The summed E-state index contributed by atoms with van der Waals surface area (Å²) in [4.78, 5) is 170. The molecule has 3 rings (SSSR count). The van der Waals surface area contributed by atoms with Crippen molar-refractivity contribution in [1.29, 1.82) is 0 Å². The summed E-state index contributed by atoms with van der Waals surface area (Å²) in [7, 11) is 0. The van der Waals surface area contributed by atoms with Gasteiger partial charge in [-0.25, -0.2) is 6.57 Å². The van der Waals surface area contributed by atoms with Gasteiger partial charge in [-0.15, -0.1) is 0 Å². The zero-order valence-corrected chi connectivity index (χ0v) is 81.8. The average molecular weight is 2140 g/mol. The molecule has 0 saturated carbocycles. The number of hydrogen-bond acceptors (Lipinski definition) is 37. The number of ketones is 4. The van der Waals surface area contributed by atoms with Crippen molar-refractivity contribution in [3.8, 4) is 0 Å². The highest BCUT2D eigenvalue weighted by Gasteiger charge is 2.49. The Kier molecular flexibility index (Phi) is 95.3. The first-order chi connectivity index (χ1) is 66.6. The van der Waals surface area contributed by atoms with Crippen LogP contribution < -0.4 is 47.9 Å². The molecule has 18 N–H and O–H groups in total. The molecule has 0 radical (unpaired) electrons. The minimum atomic E-state index is -1.46. The summed E-state index contributed by atoms with van der Waals surface area (Å²) in [5, 5.41) is 115. The van der Waals surface area contributed by atoms with Gasteiger partial charge in [0.2, 0.25) is 58.7 Å². The van der Waals surface area contributed by atoms with Crippen LogP contribution in [0.2, 0.25) is 0 Å². The summed E-state index contributed by atoms with van der Waals surface area (Å²) in [5.41, 5.74) is -1.77. The van der Waals surface area contributed by atoms with Crippen LogP contribution in [0.4, 0.5) is 0 Å². The summed E-state index contributed by atoms with van der Waals surface area (Å²) in [6.45, 7) is 16.1. The van der Waals surface area contributed by atoms with E-state index in [-0.39, 0.29) is 306 Å². The first kappa shape index (κ1) is 153. The van der Waals surface area contributed by atoms with Crippen molar-refractivity contribution in [1.82, 2.24) is 47.9 Å². The molecule has 0 aliphatic carbocycles. The van der Waals surface area contributed by atoms with Gasteiger partial charge in [-0.05, 0) is 102 Å². The van der Waals surface area contributed by atoms with Gasteiger partial charge in [0.05, 0.1) is 79.3 Å². The molecule has 3 heterocycles. The van der Waals surface area contributed by atoms with E-state index in [0.717, 1.165) is 0 Å². The van der Waals surface area contributed by atoms with Gasteiger partial charge in [0.15, 0.2) is 36.2 Å².